The number of fused-ring (bicyclic) bond motifs is 1. The van der Waals surface area contributed by atoms with Gasteiger partial charge in [-0.1, -0.05) is 0 Å². The summed E-state index contributed by atoms with van der Waals surface area (Å²) in [6, 6.07) is 6.53. The molecule has 1 amide bonds. The van der Waals surface area contributed by atoms with E-state index in [9.17, 15) is 9.59 Å². The van der Waals surface area contributed by atoms with Gasteiger partial charge in [0.25, 0.3) is 0 Å². The van der Waals surface area contributed by atoms with E-state index in [1.165, 1.54) is 6.33 Å². The molecule has 9 heteroatoms. The van der Waals surface area contributed by atoms with Crippen LogP contribution >= 0.6 is 0 Å². The van der Waals surface area contributed by atoms with Crippen LogP contribution < -0.4 is 11.1 Å². The van der Waals surface area contributed by atoms with E-state index in [0.29, 0.717) is 41.4 Å². The summed E-state index contributed by atoms with van der Waals surface area (Å²) < 4.78 is 6.66. The van der Waals surface area contributed by atoms with Crippen LogP contribution in [0.25, 0.3) is 11.2 Å². The minimum absolute atomic E-state index is 0.169. The Kier molecular flexibility index (Phi) is 5.07. The van der Waals surface area contributed by atoms with Gasteiger partial charge in [0.2, 0.25) is 5.91 Å². The van der Waals surface area contributed by atoms with Crippen LogP contribution in [0.15, 0.2) is 36.9 Å². The van der Waals surface area contributed by atoms with Crippen molar-refractivity contribution in [2.45, 2.75) is 19.9 Å². The van der Waals surface area contributed by atoms with Crippen LogP contribution in [0, 0.1) is 0 Å². The average Bonchev–Trinajstić information content (AvgIpc) is 3.05. The highest BCUT2D eigenvalue weighted by Crippen LogP contribution is 2.15. The number of nitrogens with two attached hydrogens (primary N) is 1. The van der Waals surface area contributed by atoms with Crippen LogP contribution in [-0.2, 0) is 16.1 Å². The van der Waals surface area contributed by atoms with E-state index in [2.05, 4.69) is 20.3 Å². The fraction of sp³-hybridized carbons (Fsp3) is 0.235. The third-order valence-electron chi connectivity index (χ3n) is 3.69. The molecular weight excluding hydrogens is 336 g/mol. The number of benzene rings is 1. The fourth-order valence-electron chi connectivity index (χ4n) is 2.41. The lowest BCUT2D eigenvalue weighted by Gasteiger charge is -2.07. The first-order valence-electron chi connectivity index (χ1n) is 8.07. The van der Waals surface area contributed by atoms with Crippen molar-refractivity contribution in [2.24, 2.45) is 0 Å². The lowest BCUT2D eigenvalue weighted by Crippen LogP contribution is -2.14. The number of hydrogen-bond acceptors (Lipinski definition) is 7. The number of aromatic nitrogens is 4. The molecule has 26 heavy (non-hydrogen) atoms. The highest BCUT2D eigenvalue weighted by molar-refractivity contribution is 5.93. The first-order chi connectivity index (χ1) is 12.6. The molecule has 0 spiro atoms. The van der Waals surface area contributed by atoms with Crippen LogP contribution in [0.3, 0.4) is 0 Å². The first-order valence-corrected chi connectivity index (χ1v) is 8.07. The Balaban J connectivity index is 1.58. The normalized spacial score (nSPS) is 10.7. The van der Waals surface area contributed by atoms with Crippen molar-refractivity contribution in [3.8, 4) is 0 Å². The Morgan fingerprint density at radius 3 is 2.69 bits per heavy atom. The Hall–Kier alpha value is -3.49. The van der Waals surface area contributed by atoms with Gasteiger partial charge in [-0.2, -0.15) is 0 Å². The lowest BCUT2D eigenvalue weighted by molar-refractivity contribution is -0.116. The zero-order valence-corrected chi connectivity index (χ0v) is 14.2. The maximum absolute atomic E-state index is 12.1. The van der Waals surface area contributed by atoms with Gasteiger partial charge in [0.05, 0.1) is 18.5 Å². The van der Waals surface area contributed by atoms with Gasteiger partial charge in [0.1, 0.15) is 11.8 Å². The Morgan fingerprint density at radius 2 is 1.96 bits per heavy atom. The van der Waals surface area contributed by atoms with Crippen molar-refractivity contribution in [3.05, 3.63) is 42.5 Å². The number of rotatable bonds is 6. The SMILES string of the molecule is CCOC(=O)c1ccc(NC(=O)CCn2cnc3c(N)ncnc32)cc1. The molecule has 2 heterocycles. The van der Waals surface area contributed by atoms with Crippen LogP contribution in [0.1, 0.15) is 23.7 Å². The van der Waals surface area contributed by atoms with Crippen LogP contribution in [-0.4, -0.2) is 38.0 Å². The smallest absolute Gasteiger partial charge is 0.338 e. The van der Waals surface area contributed by atoms with E-state index in [1.54, 1.807) is 42.1 Å². The lowest BCUT2D eigenvalue weighted by atomic mass is 10.2. The van der Waals surface area contributed by atoms with Gasteiger partial charge in [-0.05, 0) is 31.2 Å². The minimum Gasteiger partial charge on any atom is -0.462 e. The second-order valence-electron chi connectivity index (χ2n) is 5.47. The molecular formula is C17H18N6O3. The molecule has 0 saturated heterocycles. The number of ether oxygens (including phenoxy) is 1. The molecule has 0 aliphatic carbocycles. The Bertz CT molecular complexity index is 935. The van der Waals surface area contributed by atoms with E-state index >= 15 is 0 Å². The van der Waals surface area contributed by atoms with E-state index in [1.807, 2.05) is 0 Å². The molecule has 0 aliphatic rings. The highest BCUT2D eigenvalue weighted by atomic mass is 16.5. The summed E-state index contributed by atoms with van der Waals surface area (Å²) in [5, 5.41) is 2.78. The number of aryl methyl sites for hydroxylation is 1. The van der Waals surface area contributed by atoms with Crippen LogP contribution in [0.5, 0.6) is 0 Å². The van der Waals surface area contributed by atoms with E-state index in [4.69, 9.17) is 10.5 Å². The number of imidazole rings is 1. The van der Waals surface area contributed by atoms with Crippen molar-refractivity contribution in [2.75, 3.05) is 17.7 Å². The second-order valence-corrected chi connectivity index (χ2v) is 5.47. The molecule has 9 nitrogen and oxygen atoms in total. The summed E-state index contributed by atoms with van der Waals surface area (Å²) in [5.41, 5.74) is 7.88. The molecule has 0 fully saturated rings. The van der Waals surface area contributed by atoms with E-state index < -0.39 is 5.97 Å². The van der Waals surface area contributed by atoms with Gasteiger partial charge in [0, 0.05) is 18.7 Å². The van der Waals surface area contributed by atoms with Crippen molar-refractivity contribution in [3.63, 3.8) is 0 Å². The van der Waals surface area contributed by atoms with Gasteiger partial charge in [-0.3, -0.25) is 4.79 Å². The minimum atomic E-state index is -0.390. The molecule has 2 aromatic heterocycles. The van der Waals surface area contributed by atoms with Crippen molar-refractivity contribution < 1.29 is 14.3 Å². The fourth-order valence-corrected chi connectivity index (χ4v) is 2.41. The quantitative estimate of drug-likeness (QED) is 0.644. The maximum atomic E-state index is 12.1. The number of hydrogen-bond donors (Lipinski definition) is 2. The molecule has 3 N–H and O–H groups in total. The molecule has 0 bridgehead atoms. The average molecular weight is 354 g/mol. The number of carbonyl (C=O) groups is 2. The van der Waals surface area contributed by atoms with Crippen LogP contribution in [0.2, 0.25) is 0 Å². The van der Waals surface area contributed by atoms with Gasteiger partial charge < -0.3 is 20.4 Å². The second kappa shape index (κ2) is 7.60. The third kappa shape index (κ3) is 3.77. The van der Waals surface area contributed by atoms with E-state index in [0.717, 1.165) is 0 Å². The summed E-state index contributed by atoms with van der Waals surface area (Å²) in [6.45, 7) is 2.47. The summed E-state index contributed by atoms with van der Waals surface area (Å²) in [5.74, 6) is -0.253. The Morgan fingerprint density at radius 1 is 1.19 bits per heavy atom. The van der Waals surface area contributed by atoms with Gasteiger partial charge in [-0.25, -0.2) is 19.7 Å². The molecule has 0 radical (unpaired) electrons. The first kappa shape index (κ1) is 17.3. The zero-order valence-electron chi connectivity index (χ0n) is 14.2. The van der Waals surface area contributed by atoms with E-state index in [-0.39, 0.29) is 12.3 Å². The predicted molar refractivity (Wildman–Crippen MR) is 95.4 cm³/mol. The number of nitrogen functional groups attached to an aromatic ring is 1. The molecule has 134 valence electrons. The van der Waals surface area contributed by atoms with Crippen LogP contribution in [0.4, 0.5) is 11.5 Å². The summed E-state index contributed by atoms with van der Waals surface area (Å²) in [7, 11) is 0. The standard InChI is InChI=1S/C17H18N6O3/c1-2-26-17(25)11-3-5-12(6-4-11)22-13(24)7-8-23-10-21-14-15(18)19-9-20-16(14)23/h3-6,9-10H,2,7-8H2,1H3,(H,22,24)(H2,18,19,20). The van der Waals surface area contributed by atoms with Gasteiger partial charge >= 0.3 is 5.97 Å². The van der Waals surface area contributed by atoms with Gasteiger partial charge in [0.15, 0.2) is 11.5 Å². The summed E-state index contributed by atoms with van der Waals surface area (Å²) in [4.78, 5) is 35.9. The van der Waals surface area contributed by atoms with Crippen molar-refractivity contribution in [1.29, 1.82) is 0 Å². The number of nitrogens with one attached hydrogen (secondary N) is 1. The maximum Gasteiger partial charge on any atom is 0.338 e. The van der Waals surface area contributed by atoms with Crippen molar-refractivity contribution >= 4 is 34.5 Å². The molecule has 1 aromatic carbocycles. The molecule has 3 aromatic rings. The molecule has 0 saturated carbocycles. The van der Waals surface area contributed by atoms with Gasteiger partial charge in [-0.15, -0.1) is 0 Å². The highest BCUT2D eigenvalue weighted by Gasteiger charge is 2.10. The summed E-state index contributed by atoms with van der Waals surface area (Å²) in [6.07, 6.45) is 3.17. The molecule has 0 unspecified atom stereocenters. The third-order valence-corrected chi connectivity index (χ3v) is 3.69. The number of amides is 1. The summed E-state index contributed by atoms with van der Waals surface area (Å²) >= 11 is 0. The predicted octanol–water partition coefficient (Wildman–Crippen LogP) is 1.61. The zero-order chi connectivity index (χ0) is 18.5. The molecule has 0 atom stereocenters. The molecule has 3 rings (SSSR count). The number of carbonyl (C=O) groups excluding carboxylic acids is 2. The topological polar surface area (TPSA) is 125 Å². The number of nitrogens with zero attached hydrogens (tertiary/aromatic N) is 4. The largest absolute Gasteiger partial charge is 0.462 e. The Labute approximate surface area is 149 Å². The number of esters is 1. The molecule has 0 aliphatic heterocycles. The number of anilines is 2. The van der Waals surface area contributed by atoms with Crippen molar-refractivity contribution in [1.82, 2.24) is 19.5 Å². The monoisotopic (exact) mass is 354 g/mol.